The van der Waals surface area contributed by atoms with Gasteiger partial charge >= 0.3 is 5.69 Å². The fraction of sp³-hybridized carbons (Fsp3) is 0.217. The van der Waals surface area contributed by atoms with Crippen molar-refractivity contribution >= 4 is 34.4 Å². The van der Waals surface area contributed by atoms with Crippen LogP contribution in [-0.2, 0) is 20.6 Å². The summed E-state index contributed by atoms with van der Waals surface area (Å²) in [6.07, 6.45) is 0. The standard InChI is InChI=1S/C23H21N5O5S/c1-14-4-6-15(7-5-14)12-27-19-20(25(2)23(31)26(3)21(19)30)24-22(27)34-13-18(29)16-8-10-17(11-9-16)28(32)33/h4-11H,12-13H2,1-3H3. The van der Waals surface area contributed by atoms with Gasteiger partial charge in [0.05, 0.1) is 17.2 Å². The molecule has 0 saturated carbocycles. The molecule has 4 aromatic rings. The topological polar surface area (TPSA) is 122 Å². The zero-order valence-corrected chi connectivity index (χ0v) is 19.5. The molecule has 2 aromatic carbocycles. The number of hydrogen-bond donors (Lipinski definition) is 0. The van der Waals surface area contributed by atoms with E-state index in [0.717, 1.165) is 27.5 Å². The normalized spacial score (nSPS) is 11.1. The molecule has 0 aliphatic heterocycles. The molecule has 0 atom stereocenters. The molecule has 11 heteroatoms. The average molecular weight is 480 g/mol. The number of nitro groups is 1. The molecule has 174 valence electrons. The van der Waals surface area contributed by atoms with Crippen molar-refractivity contribution in [3.63, 3.8) is 0 Å². The van der Waals surface area contributed by atoms with E-state index in [4.69, 9.17) is 0 Å². The number of rotatable bonds is 7. The van der Waals surface area contributed by atoms with Crippen molar-refractivity contribution in [3.8, 4) is 0 Å². The van der Waals surface area contributed by atoms with Gasteiger partial charge in [-0.15, -0.1) is 0 Å². The van der Waals surface area contributed by atoms with Crippen LogP contribution in [0.2, 0.25) is 0 Å². The lowest BCUT2D eigenvalue weighted by atomic mass is 10.1. The van der Waals surface area contributed by atoms with E-state index in [1.165, 1.54) is 35.9 Å². The molecule has 0 bridgehead atoms. The number of benzene rings is 2. The van der Waals surface area contributed by atoms with Crippen LogP contribution in [0, 0.1) is 17.0 Å². The Morgan fingerprint density at radius 1 is 1.03 bits per heavy atom. The molecule has 0 aliphatic rings. The van der Waals surface area contributed by atoms with E-state index in [2.05, 4.69) is 4.98 Å². The van der Waals surface area contributed by atoms with Gasteiger partial charge in [0.25, 0.3) is 11.2 Å². The Bertz CT molecular complexity index is 1530. The van der Waals surface area contributed by atoms with Crippen molar-refractivity contribution in [1.29, 1.82) is 0 Å². The minimum absolute atomic E-state index is 0.00327. The van der Waals surface area contributed by atoms with E-state index >= 15 is 0 Å². The zero-order chi connectivity index (χ0) is 24.6. The number of Topliss-reactive ketones (excluding diaryl/α,β-unsaturated/α-hetero) is 1. The summed E-state index contributed by atoms with van der Waals surface area (Å²) in [5.41, 5.74) is 1.83. The molecule has 0 amide bonds. The number of fused-ring (bicyclic) bond motifs is 1. The Balaban J connectivity index is 1.72. The highest BCUT2D eigenvalue weighted by molar-refractivity contribution is 7.99. The van der Waals surface area contributed by atoms with Crippen molar-refractivity contribution in [3.05, 3.63) is 96.2 Å². The van der Waals surface area contributed by atoms with Crippen LogP contribution in [-0.4, -0.2) is 35.1 Å². The molecule has 0 aliphatic carbocycles. The van der Waals surface area contributed by atoms with Gasteiger partial charge in [-0.1, -0.05) is 41.6 Å². The lowest BCUT2D eigenvalue weighted by molar-refractivity contribution is -0.384. The van der Waals surface area contributed by atoms with Gasteiger partial charge in [-0.3, -0.25) is 28.8 Å². The molecule has 2 aromatic heterocycles. The number of non-ortho nitro benzene ring substituents is 1. The first-order valence-corrected chi connectivity index (χ1v) is 11.3. The molecule has 0 spiro atoms. The van der Waals surface area contributed by atoms with Crippen LogP contribution in [0.25, 0.3) is 11.2 Å². The molecule has 0 fully saturated rings. The van der Waals surface area contributed by atoms with E-state index in [0.29, 0.717) is 17.3 Å². The summed E-state index contributed by atoms with van der Waals surface area (Å²) in [7, 11) is 2.96. The Morgan fingerprint density at radius 3 is 2.29 bits per heavy atom. The second kappa shape index (κ2) is 9.10. The lowest BCUT2D eigenvalue weighted by Gasteiger charge is -2.10. The van der Waals surface area contributed by atoms with Crippen LogP contribution in [0.15, 0.2) is 63.3 Å². The first-order chi connectivity index (χ1) is 16.2. The fourth-order valence-corrected chi connectivity index (χ4v) is 4.43. The third-order valence-corrected chi connectivity index (χ3v) is 6.48. The molecule has 4 rings (SSSR count). The van der Waals surface area contributed by atoms with E-state index in [1.807, 2.05) is 31.2 Å². The highest BCUT2D eigenvalue weighted by atomic mass is 32.2. The molecule has 2 heterocycles. The molecular weight excluding hydrogens is 458 g/mol. The van der Waals surface area contributed by atoms with Gasteiger partial charge in [0.15, 0.2) is 22.1 Å². The van der Waals surface area contributed by atoms with Crippen molar-refractivity contribution in [2.75, 3.05) is 5.75 Å². The van der Waals surface area contributed by atoms with Gasteiger partial charge in [-0.05, 0) is 24.6 Å². The number of thioether (sulfide) groups is 1. The third-order valence-electron chi connectivity index (χ3n) is 5.51. The first-order valence-electron chi connectivity index (χ1n) is 10.3. The molecule has 0 unspecified atom stereocenters. The van der Waals surface area contributed by atoms with Crippen LogP contribution < -0.4 is 11.2 Å². The Kier molecular flexibility index (Phi) is 6.20. The number of ketones is 1. The van der Waals surface area contributed by atoms with Crippen molar-refractivity contribution in [1.82, 2.24) is 18.7 Å². The summed E-state index contributed by atoms with van der Waals surface area (Å²) in [4.78, 5) is 53.0. The summed E-state index contributed by atoms with van der Waals surface area (Å²) in [5, 5.41) is 11.3. The molecule has 0 saturated heterocycles. The minimum Gasteiger partial charge on any atom is -0.309 e. The van der Waals surface area contributed by atoms with Crippen LogP contribution in [0.4, 0.5) is 5.69 Å². The van der Waals surface area contributed by atoms with E-state index in [1.54, 1.807) is 11.6 Å². The molecule has 10 nitrogen and oxygen atoms in total. The Morgan fingerprint density at radius 2 is 1.68 bits per heavy atom. The number of nitro benzene ring substituents is 1. The van der Waals surface area contributed by atoms with E-state index in [-0.39, 0.29) is 28.4 Å². The van der Waals surface area contributed by atoms with Crippen molar-refractivity contribution < 1.29 is 9.72 Å². The Hall–Kier alpha value is -3.99. The number of aromatic nitrogens is 4. The van der Waals surface area contributed by atoms with Gasteiger partial charge in [0.1, 0.15) is 0 Å². The van der Waals surface area contributed by atoms with Crippen LogP contribution in [0.3, 0.4) is 0 Å². The van der Waals surface area contributed by atoms with Gasteiger partial charge in [0, 0.05) is 31.8 Å². The van der Waals surface area contributed by atoms with Crippen LogP contribution >= 0.6 is 11.8 Å². The van der Waals surface area contributed by atoms with Gasteiger partial charge in [-0.2, -0.15) is 0 Å². The lowest BCUT2D eigenvalue weighted by Crippen LogP contribution is -2.37. The average Bonchev–Trinajstić information content (AvgIpc) is 3.19. The summed E-state index contributed by atoms with van der Waals surface area (Å²) in [6.45, 7) is 2.31. The highest BCUT2D eigenvalue weighted by Gasteiger charge is 2.21. The molecule has 34 heavy (non-hydrogen) atoms. The predicted molar refractivity (Wildman–Crippen MR) is 129 cm³/mol. The van der Waals surface area contributed by atoms with Gasteiger partial charge < -0.3 is 4.57 Å². The largest absolute Gasteiger partial charge is 0.332 e. The number of imidazole rings is 1. The predicted octanol–water partition coefficient (Wildman–Crippen LogP) is 2.67. The minimum atomic E-state index is -0.527. The summed E-state index contributed by atoms with van der Waals surface area (Å²) >= 11 is 1.14. The van der Waals surface area contributed by atoms with Crippen molar-refractivity contribution in [2.24, 2.45) is 14.1 Å². The van der Waals surface area contributed by atoms with Gasteiger partial charge in [0.2, 0.25) is 0 Å². The number of carbonyl (C=O) groups excluding carboxylic acids is 1. The van der Waals surface area contributed by atoms with Gasteiger partial charge in [-0.25, -0.2) is 9.78 Å². The smallest absolute Gasteiger partial charge is 0.309 e. The Labute approximate surface area is 197 Å². The highest BCUT2D eigenvalue weighted by Crippen LogP contribution is 2.24. The molecule has 0 radical (unpaired) electrons. The SMILES string of the molecule is Cc1ccc(Cn2c(SCC(=O)c3ccc([N+](=O)[O-])cc3)nc3c2c(=O)n(C)c(=O)n3C)cc1. The van der Waals surface area contributed by atoms with Crippen molar-refractivity contribution in [2.45, 2.75) is 18.6 Å². The summed E-state index contributed by atoms with van der Waals surface area (Å²) in [5.74, 6) is -0.237. The summed E-state index contributed by atoms with van der Waals surface area (Å²) < 4.78 is 4.06. The monoisotopic (exact) mass is 479 g/mol. The fourth-order valence-electron chi connectivity index (χ4n) is 3.54. The number of carbonyl (C=O) groups is 1. The maximum absolute atomic E-state index is 13.0. The molecular formula is C23H21N5O5S. The first kappa shape index (κ1) is 23.2. The maximum atomic E-state index is 13.0. The van der Waals surface area contributed by atoms with E-state index < -0.39 is 16.2 Å². The molecule has 0 N–H and O–H groups in total. The number of aryl methyl sites for hydroxylation is 2. The summed E-state index contributed by atoms with van der Waals surface area (Å²) in [6, 6.07) is 13.2. The zero-order valence-electron chi connectivity index (χ0n) is 18.7. The second-order valence-corrected chi connectivity index (χ2v) is 8.80. The maximum Gasteiger partial charge on any atom is 0.332 e. The number of nitrogens with zero attached hydrogens (tertiary/aromatic N) is 5. The second-order valence-electron chi connectivity index (χ2n) is 7.86. The van der Waals surface area contributed by atoms with Crippen LogP contribution in [0.1, 0.15) is 21.5 Å². The quantitative estimate of drug-likeness (QED) is 0.173. The third kappa shape index (κ3) is 4.29. The number of hydrogen-bond acceptors (Lipinski definition) is 7. The van der Waals surface area contributed by atoms with Crippen LogP contribution in [0.5, 0.6) is 0 Å². The van der Waals surface area contributed by atoms with E-state index in [9.17, 15) is 24.5 Å².